The Kier molecular flexibility index (Phi) is 7.20. The zero-order valence-corrected chi connectivity index (χ0v) is 15.7. The van der Waals surface area contributed by atoms with Crippen LogP contribution in [0.5, 0.6) is 0 Å². The molecule has 1 N–H and O–H groups in total. The first kappa shape index (κ1) is 18.0. The topological polar surface area (TPSA) is 33.0 Å². The number of anilines is 1. The molecule has 0 saturated heterocycles. The maximum absolute atomic E-state index is 12.1. The average molecular weight is 358 g/mol. The largest absolute Gasteiger partial charge is 0.320 e. The Bertz CT molecular complexity index is 588. The SMILES string of the molecule is CCc1cc[n+](CC(=O)Nc2c(C)cccc2C)cc1.[Y]. The summed E-state index contributed by atoms with van der Waals surface area (Å²) < 4.78 is 1.89. The molecule has 1 amide bonds. The molecular weight excluding hydrogens is 337 g/mol. The summed E-state index contributed by atoms with van der Waals surface area (Å²) in [7, 11) is 0. The third-order valence-electron chi connectivity index (χ3n) is 3.44. The molecule has 0 unspecified atom stereocenters. The molecule has 2 rings (SSSR count). The van der Waals surface area contributed by atoms with E-state index in [1.807, 2.05) is 61.1 Å². The van der Waals surface area contributed by atoms with Gasteiger partial charge in [0.2, 0.25) is 6.54 Å². The second kappa shape index (κ2) is 8.40. The number of amides is 1. The third kappa shape index (κ3) is 5.01. The van der Waals surface area contributed by atoms with Gasteiger partial charge in [0.1, 0.15) is 0 Å². The van der Waals surface area contributed by atoms with E-state index in [1.54, 1.807) is 0 Å². The summed E-state index contributed by atoms with van der Waals surface area (Å²) in [5.74, 6) is -0.00310. The van der Waals surface area contributed by atoms with Crippen molar-refractivity contribution in [1.29, 1.82) is 0 Å². The van der Waals surface area contributed by atoms with Crippen LogP contribution in [-0.4, -0.2) is 5.91 Å². The quantitative estimate of drug-likeness (QED) is 0.838. The number of carbonyl (C=O) groups is 1. The molecule has 1 radical (unpaired) electrons. The van der Waals surface area contributed by atoms with Gasteiger partial charge in [0.15, 0.2) is 12.4 Å². The van der Waals surface area contributed by atoms with Crippen molar-refractivity contribution < 1.29 is 42.1 Å². The number of hydrogen-bond acceptors (Lipinski definition) is 1. The minimum absolute atomic E-state index is 0. The molecule has 0 bridgehead atoms. The van der Waals surface area contributed by atoms with Gasteiger partial charge in [-0.25, -0.2) is 0 Å². The molecule has 3 nitrogen and oxygen atoms in total. The van der Waals surface area contributed by atoms with Crippen LogP contribution in [0, 0.1) is 13.8 Å². The summed E-state index contributed by atoms with van der Waals surface area (Å²) in [6, 6.07) is 10.1. The number of rotatable bonds is 4. The van der Waals surface area contributed by atoms with E-state index in [1.165, 1.54) is 5.56 Å². The van der Waals surface area contributed by atoms with E-state index in [2.05, 4.69) is 12.2 Å². The van der Waals surface area contributed by atoms with E-state index in [0.717, 1.165) is 23.2 Å². The van der Waals surface area contributed by atoms with Crippen molar-refractivity contribution in [3.8, 4) is 0 Å². The van der Waals surface area contributed by atoms with Gasteiger partial charge in [-0.2, -0.15) is 4.57 Å². The fourth-order valence-electron chi connectivity index (χ4n) is 2.19. The number of nitrogens with one attached hydrogen (secondary N) is 1. The Morgan fingerprint density at radius 2 is 1.67 bits per heavy atom. The molecule has 107 valence electrons. The van der Waals surface area contributed by atoms with Crippen LogP contribution >= 0.6 is 0 Å². The average Bonchev–Trinajstić information content (AvgIpc) is 2.44. The molecule has 4 heteroatoms. The molecule has 0 saturated carbocycles. The zero-order chi connectivity index (χ0) is 14.5. The van der Waals surface area contributed by atoms with E-state index in [-0.39, 0.29) is 38.6 Å². The van der Waals surface area contributed by atoms with Crippen LogP contribution < -0.4 is 9.88 Å². The summed E-state index contributed by atoms with van der Waals surface area (Å²) in [5.41, 5.74) is 4.37. The van der Waals surface area contributed by atoms with Gasteiger partial charge in [-0.05, 0) is 37.0 Å². The van der Waals surface area contributed by atoms with Crippen molar-refractivity contribution in [3.05, 3.63) is 59.4 Å². The summed E-state index contributed by atoms with van der Waals surface area (Å²) in [6.45, 7) is 6.46. The first-order valence-corrected chi connectivity index (χ1v) is 6.94. The Hall–Kier alpha value is -1.06. The fourth-order valence-corrected chi connectivity index (χ4v) is 2.19. The number of hydrogen-bond donors (Lipinski definition) is 1. The Morgan fingerprint density at radius 3 is 2.19 bits per heavy atom. The molecule has 0 spiro atoms. The van der Waals surface area contributed by atoms with Crippen LogP contribution in [0.3, 0.4) is 0 Å². The summed E-state index contributed by atoms with van der Waals surface area (Å²) in [6.07, 6.45) is 4.90. The number of aromatic nitrogens is 1. The number of pyridine rings is 1. The summed E-state index contributed by atoms with van der Waals surface area (Å²) >= 11 is 0. The van der Waals surface area contributed by atoms with E-state index in [9.17, 15) is 4.79 Å². The smallest absolute Gasteiger partial charge is 0.290 e. The number of para-hydroxylation sites is 1. The van der Waals surface area contributed by atoms with Gasteiger partial charge in [-0.15, -0.1) is 0 Å². The van der Waals surface area contributed by atoms with Gasteiger partial charge in [-0.1, -0.05) is 25.1 Å². The van der Waals surface area contributed by atoms with Crippen molar-refractivity contribution in [2.45, 2.75) is 33.7 Å². The molecule has 1 aromatic heterocycles. The first-order chi connectivity index (χ1) is 9.60. The predicted molar refractivity (Wildman–Crippen MR) is 80.6 cm³/mol. The molecule has 0 aliphatic rings. The van der Waals surface area contributed by atoms with Crippen LogP contribution in [0.4, 0.5) is 5.69 Å². The molecule has 1 heterocycles. The number of carbonyl (C=O) groups excluding carboxylic acids is 1. The number of nitrogens with zero attached hydrogens (tertiary/aromatic N) is 1. The van der Waals surface area contributed by atoms with E-state index in [4.69, 9.17) is 0 Å². The van der Waals surface area contributed by atoms with Crippen LogP contribution in [0.1, 0.15) is 23.6 Å². The maximum Gasteiger partial charge on any atom is 0.290 e. The number of benzene rings is 1. The molecule has 0 fully saturated rings. The van der Waals surface area contributed by atoms with E-state index < -0.39 is 0 Å². The van der Waals surface area contributed by atoms with Crippen molar-refractivity contribution in [1.82, 2.24) is 0 Å². The molecular formula is C17H21N2OY+. The molecule has 21 heavy (non-hydrogen) atoms. The van der Waals surface area contributed by atoms with Crippen LogP contribution in [0.25, 0.3) is 0 Å². The van der Waals surface area contributed by atoms with Crippen LogP contribution in [-0.2, 0) is 50.5 Å². The molecule has 2 aromatic rings. The molecule has 0 aliphatic heterocycles. The van der Waals surface area contributed by atoms with E-state index >= 15 is 0 Å². The first-order valence-electron chi connectivity index (χ1n) is 6.94. The van der Waals surface area contributed by atoms with Crippen molar-refractivity contribution in [2.24, 2.45) is 0 Å². The zero-order valence-electron chi connectivity index (χ0n) is 12.9. The number of aryl methyl sites for hydroxylation is 3. The van der Waals surface area contributed by atoms with Crippen molar-refractivity contribution in [2.75, 3.05) is 5.32 Å². The summed E-state index contributed by atoms with van der Waals surface area (Å²) in [4.78, 5) is 12.1. The van der Waals surface area contributed by atoms with Gasteiger partial charge in [0.25, 0.3) is 5.91 Å². The minimum Gasteiger partial charge on any atom is -0.320 e. The fraction of sp³-hybridized carbons (Fsp3) is 0.294. The standard InChI is InChI=1S/C17H20N2O.Y/c1-4-15-8-10-19(11-9-15)12-16(20)18-17-13(2)6-5-7-14(17)3;/h5-11H,4,12H2,1-3H3;/p+1. The van der Waals surface area contributed by atoms with Crippen molar-refractivity contribution >= 4 is 11.6 Å². The molecule has 0 aliphatic carbocycles. The van der Waals surface area contributed by atoms with Gasteiger partial charge in [0, 0.05) is 50.5 Å². The normalized spacial score (nSPS) is 9.86. The Balaban J connectivity index is 0.00000220. The summed E-state index contributed by atoms with van der Waals surface area (Å²) in [5, 5.41) is 3.00. The third-order valence-corrected chi connectivity index (χ3v) is 3.44. The van der Waals surface area contributed by atoms with Gasteiger partial charge in [0.05, 0.1) is 0 Å². The molecule has 1 aromatic carbocycles. The second-order valence-corrected chi connectivity index (χ2v) is 5.05. The van der Waals surface area contributed by atoms with Crippen LogP contribution in [0.15, 0.2) is 42.7 Å². The monoisotopic (exact) mass is 358 g/mol. The second-order valence-electron chi connectivity index (χ2n) is 5.05. The molecule has 0 atom stereocenters. The van der Waals surface area contributed by atoms with Crippen LogP contribution in [0.2, 0.25) is 0 Å². The van der Waals surface area contributed by atoms with Gasteiger partial charge >= 0.3 is 0 Å². The maximum atomic E-state index is 12.1. The van der Waals surface area contributed by atoms with E-state index in [0.29, 0.717) is 6.54 Å². The van der Waals surface area contributed by atoms with Crippen molar-refractivity contribution in [3.63, 3.8) is 0 Å². The van der Waals surface area contributed by atoms with Gasteiger partial charge in [-0.3, -0.25) is 4.79 Å². The van der Waals surface area contributed by atoms with Gasteiger partial charge < -0.3 is 5.32 Å². The Morgan fingerprint density at radius 1 is 1.10 bits per heavy atom. The predicted octanol–water partition coefficient (Wildman–Crippen LogP) is 2.79. The Labute approximate surface area is 151 Å². The minimum atomic E-state index is -0.00310.